The Morgan fingerprint density at radius 3 is 2.47 bits per heavy atom. The second-order valence-corrected chi connectivity index (χ2v) is 3.91. The van der Waals surface area contributed by atoms with E-state index in [0.29, 0.717) is 18.7 Å². The van der Waals surface area contributed by atoms with Gasteiger partial charge in [0.1, 0.15) is 5.75 Å². The molecule has 0 aliphatic carbocycles. The quantitative estimate of drug-likeness (QED) is 0.712. The summed E-state index contributed by atoms with van der Waals surface area (Å²) < 4.78 is 28.1. The lowest BCUT2D eigenvalue weighted by molar-refractivity contribution is -0.0498. The molecule has 0 radical (unpaired) electrons. The predicted molar refractivity (Wildman–Crippen MR) is 68.6 cm³/mol. The molecule has 0 heterocycles. The molecule has 2 N–H and O–H groups in total. The van der Waals surface area contributed by atoms with Gasteiger partial charge in [-0.2, -0.15) is 8.78 Å². The van der Waals surface area contributed by atoms with Crippen LogP contribution in [0.1, 0.15) is 23.7 Å². The maximum Gasteiger partial charge on any atom is 0.387 e. The topological polar surface area (TPSA) is 50.4 Å². The molecular weight excluding hydrogens is 254 g/mol. The van der Waals surface area contributed by atoms with E-state index in [9.17, 15) is 13.6 Å². The fourth-order valence-electron chi connectivity index (χ4n) is 1.46. The monoisotopic (exact) mass is 272 g/mol. The number of carbonyl (C=O) groups excluding carboxylic acids is 1. The van der Waals surface area contributed by atoms with Crippen LogP contribution in [0.5, 0.6) is 5.75 Å². The van der Waals surface area contributed by atoms with Crippen molar-refractivity contribution in [1.29, 1.82) is 0 Å². The Morgan fingerprint density at radius 1 is 1.21 bits per heavy atom. The van der Waals surface area contributed by atoms with E-state index in [1.165, 1.54) is 24.3 Å². The minimum atomic E-state index is -2.86. The Kier molecular flexibility index (Phi) is 6.81. The van der Waals surface area contributed by atoms with Crippen molar-refractivity contribution in [3.05, 3.63) is 29.8 Å². The third-order valence-electron chi connectivity index (χ3n) is 2.36. The fraction of sp³-hybridized carbons (Fsp3) is 0.462. The first kappa shape index (κ1) is 15.4. The molecule has 0 aliphatic rings. The lowest BCUT2D eigenvalue weighted by Gasteiger charge is -2.07. The number of ether oxygens (including phenoxy) is 1. The zero-order valence-electron chi connectivity index (χ0n) is 10.8. The van der Waals surface area contributed by atoms with E-state index in [1.807, 2.05) is 0 Å². The Balaban J connectivity index is 2.36. The van der Waals surface area contributed by atoms with E-state index in [1.54, 1.807) is 0 Å². The minimum absolute atomic E-state index is 0.0381. The van der Waals surface area contributed by atoms with Gasteiger partial charge in [-0.05, 0) is 37.2 Å². The summed E-state index contributed by atoms with van der Waals surface area (Å²) in [5.41, 5.74) is 0.414. The van der Waals surface area contributed by atoms with Crippen molar-refractivity contribution in [2.45, 2.75) is 20.0 Å². The van der Waals surface area contributed by atoms with Crippen LogP contribution in [0.4, 0.5) is 8.78 Å². The zero-order valence-corrected chi connectivity index (χ0v) is 10.8. The van der Waals surface area contributed by atoms with Crippen molar-refractivity contribution < 1.29 is 18.3 Å². The van der Waals surface area contributed by atoms with Crippen LogP contribution in [-0.2, 0) is 0 Å². The van der Waals surface area contributed by atoms with Crippen molar-refractivity contribution in [2.75, 3.05) is 19.6 Å². The molecule has 0 spiro atoms. The van der Waals surface area contributed by atoms with Gasteiger partial charge in [0.05, 0.1) is 0 Å². The molecule has 1 aromatic carbocycles. The highest BCUT2D eigenvalue weighted by atomic mass is 19.3. The van der Waals surface area contributed by atoms with Crippen LogP contribution in [-0.4, -0.2) is 32.2 Å². The second-order valence-electron chi connectivity index (χ2n) is 3.91. The van der Waals surface area contributed by atoms with Crippen LogP contribution in [0.2, 0.25) is 0 Å². The lowest BCUT2D eigenvalue weighted by Crippen LogP contribution is -2.32. The third-order valence-corrected chi connectivity index (χ3v) is 2.36. The summed E-state index contributed by atoms with van der Waals surface area (Å²) in [6.07, 6.45) is 1.04. The molecule has 0 aromatic heterocycles. The SMILES string of the molecule is CCCNCCNC(=O)c1ccc(OC(F)F)cc1. The summed E-state index contributed by atoms with van der Waals surface area (Å²) in [6.45, 7) is 1.34. The molecule has 0 saturated carbocycles. The molecule has 19 heavy (non-hydrogen) atoms. The van der Waals surface area contributed by atoms with Crippen molar-refractivity contribution >= 4 is 5.91 Å². The van der Waals surface area contributed by atoms with E-state index in [4.69, 9.17) is 0 Å². The molecule has 0 unspecified atom stereocenters. The van der Waals surface area contributed by atoms with Crippen LogP contribution in [0.15, 0.2) is 24.3 Å². The summed E-state index contributed by atoms with van der Waals surface area (Å²) in [4.78, 5) is 11.7. The first-order valence-corrected chi connectivity index (χ1v) is 6.17. The van der Waals surface area contributed by atoms with Gasteiger partial charge in [-0.25, -0.2) is 0 Å². The van der Waals surface area contributed by atoms with Crippen molar-refractivity contribution in [3.63, 3.8) is 0 Å². The third kappa shape index (κ3) is 6.15. The highest BCUT2D eigenvalue weighted by Gasteiger charge is 2.07. The van der Waals surface area contributed by atoms with E-state index in [-0.39, 0.29) is 11.7 Å². The van der Waals surface area contributed by atoms with Gasteiger partial charge in [-0.3, -0.25) is 4.79 Å². The number of hydrogen-bond donors (Lipinski definition) is 2. The highest BCUT2D eigenvalue weighted by molar-refractivity contribution is 5.94. The van der Waals surface area contributed by atoms with Crippen LogP contribution in [0.25, 0.3) is 0 Å². The standard InChI is InChI=1S/C13H18F2N2O2/c1-2-7-16-8-9-17-12(18)10-3-5-11(6-4-10)19-13(14)15/h3-6,13,16H,2,7-9H2,1H3,(H,17,18). The van der Waals surface area contributed by atoms with Gasteiger partial charge in [-0.15, -0.1) is 0 Å². The Morgan fingerprint density at radius 2 is 1.89 bits per heavy atom. The maximum absolute atomic E-state index is 11.9. The average molecular weight is 272 g/mol. The molecule has 4 nitrogen and oxygen atoms in total. The minimum Gasteiger partial charge on any atom is -0.435 e. The summed E-state index contributed by atoms with van der Waals surface area (Å²) >= 11 is 0. The molecule has 0 atom stereocenters. The fourth-order valence-corrected chi connectivity index (χ4v) is 1.46. The first-order chi connectivity index (χ1) is 9.13. The number of alkyl halides is 2. The number of carbonyl (C=O) groups is 1. The maximum atomic E-state index is 11.9. The molecular formula is C13H18F2N2O2. The Labute approximate surface area is 111 Å². The molecule has 1 amide bonds. The van der Waals surface area contributed by atoms with Crippen LogP contribution >= 0.6 is 0 Å². The number of benzene rings is 1. The van der Waals surface area contributed by atoms with Crippen molar-refractivity contribution in [3.8, 4) is 5.75 Å². The normalized spacial score (nSPS) is 10.5. The number of amides is 1. The first-order valence-electron chi connectivity index (χ1n) is 6.17. The molecule has 0 fully saturated rings. The van der Waals surface area contributed by atoms with Gasteiger partial charge >= 0.3 is 6.61 Å². The number of hydrogen-bond acceptors (Lipinski definition) is 3. The van der Waals surface area contributed by atoms with Gasteiger partial charge in [-0.1, -0.05) is 6.92 Å². The van der Waals surface area contributed by atoms with E-state index in [2.05, 4.69) is 22.3 Å². The molecule has 106 valence electrons. The van der Waals surface area contributed by atoms with Crippen LogP contribution < -0.4 is 15.4 Å². The van der Waals surface area contributed by atoms with Crippen LogP contribution in [0, 0.1) is 0 Å². The smallest absolute Gasteiger partial charge is 0.387 e. The zero-order chi connectivity index (χ0) is 14.1. The van der Waals surface area contributed by atoms with Gasteiger partial charge in [0, 0.05) is 18.7 Å². The van der Waals surface area contributed by atoms with Crippen molar-refractivity contribution in [1.82, 2.24) is 10.6 Å². The highest BCUT2D eigenvalue weighted by Crippen LogP contribution is 2.14. The molecule has 0 aliphatic heterocycles. The Hall–Kier alpha value is -1.69. The average Bonchev–Trinajstić information content (AvgIpc) is 2.38. The summed E-state index contributed by atoms with van der Waals surface area (Å²) in [5, 5.41) is 5.88. The predicted octanol–water partition coefficient (Wildman–Crippen LogP) is 2.02. The van der Waals surface area contributed by atoms with E-state index < -0.39 is 6.61 Å². The summed E-state index contributed by atoms with van der Waals surface area (Å²) in [5.74, 6) is -0.196. The summed E-state index contributed by atoms with van der Waals surface area (Å²) in [7, 11) is 0. The lowest BCUT2D eigenvalue weighted by atomic mass is 10.2. The number of rotatable bonds is 8. The van der Waals surface area contributed by atoms with Crippen molar-refractivity contribution in [2.24, 2.45) is 0 Å². The number of halogens is 2. The molecule has 0 saturated heterocycles. The Bertz CT molecular complexity index is 383. The van der Waals surface area contributed by atoms with E-state index in [0.717, 1.165) is 13.0 Å². The molecule has 6 heteroatoms. The van der Waals surface area contributed by atoms with Gasteiger partial charge in [0.25, 0.3) is 5.91 Å². The molecule has 1 aromatic rings. The van der Waals surface area contributed by atoms with Gasteiger partial charge in [0.2, 0.25) is 0 Å². The van der Waals surface area contributed by atoms with Gasteiger partial charge in [0.15, 0.2) is 0 Å². The molecule has 0 bridgehead atoms. The molecule has 1 rings (SSSR count). The van der Waals surface area contributed by atoms with E-state index >= 15 is 0 Å². The second kappa shape index (κ2) is 8.42. The van der Waals surface area contributed by atoms with Gasteiger partial charge < -0.3 is 15.4 Å². The summed E-state index contributed by atoms with van der Waals surface area (Å²) in [6, 6.07) is 5.59. The largest absolute Gasteiger partial charge is 0.435 e. The van der Waals surface area contributed by atoms with Crippen LogP contribution in [0.3, 0.4) is 0 Å². The number of nitrogens with one attached hydrogen (secondary N) is 2.